The van der Waals surface area contributed by atoms with E-state index in [2.05, 4.69) is 46.3 Å². The van der Waals surface area contributed by atoms with Gasteiger partial charge in [0.2, 0.25) is 0 Å². The van der Waals surface area contributed by atoms with Crippen LogP contribution in [0.2, 0.25) is 0 Å². The summed E-state index contributed by atoms with van der Waals surface area (Å²) in [5, 5.41) is 6.93. The summed E-state index contributed by atoms with van der Waals surface area (Å²) in [7, 11) is 0. The van der Waals surface area contributed by atoms with Gasteiger partial charge in [-0.3, -0.25) is 4.90 Å². The zero-order chi connectivity index (χ0) is 15.2. The number of aryl methyl sites for hydroxylation is 1. The lowest BCUT2D eigenvalue weighted by Crippen LogP contribution is -2.35. The predicted octanol–water partition coefficient (Wildman–Crippen LogP) is 2.81. The second-order valence-electron chi connectivity index (χ2n) is 5.83. The molecule has 0 spiro atoms. The summed E-state index contributed by atoms with van der Waals surface area (Å²) in [6, 6.07) is 0.636. The van der Waals surface area contributed by atoms with Gasteiger partial charge in [0.05, 0.1) is 0 Å². The molecule has 1 aromatic rings. The second kappa shape index (κ2) is 7.59. The Labute approximate surface area is 128 Å². The first-order valence-electron chi connectivity index (χ1n) is 8.22. The van der Waals surface area contributed by atoms with Gasteiger partial charge in [0.25, 0.3) is 0 Å². The molecule has 1 saturated heterocycles. The molecule has 0 bridgehead atoms. The molecule has 118 valence electrons. The van der Waals surface area contributed by atoms with Gasteiger partial charge >= 0.3 is 0 Å². The molecule has 1 unspecified atom stereocenters. The third kappa shape index (κ3) is 4.06. The third-order valence-electron chi connectivity index (χ3n) is 4.21. The summed E-state index contributed by atoms with van der Waals surface area (Å²) in [6.07, 6.45) is 3.69. The van der Waals surface area contributed by atoms with Crippen LogP contribution in [0.25, 0.3) is 0 Å². The molecule has 21 heavy (non-hydrogen) atoms. The minimum absolute atomic E-state index is 0.636. The molecule has 1 atom stereocenters. The number of likely N-dealkylation sites (N-methyl/N-ethyl adjacent to an activating group) is 1. The lowest BCUT2D eigenvalue weighted by atomic mass is 10.2. The van der Waals surface area contributed by atoms with Crippen LogP contribution >= 0.6 is 0 Å². The number of nitrogens with one attached hydrogen (secondary N) is 2. The zero-order valence-electron chi connectivity index (χ0n) is 13.9. The standard InChI is InChI=1S/C16H29N5/c1-5-9-17-15-12(3)16(20-13(4)19-15)18-11-14-8-7-10-21(14)6-2/h14H,5-11H2,1-4H3,(H2,17,18,19,20). The summed E-state index contributed by atoms with van der Waals surface area (Å²) in [5.41, 5.74) is 1.12. The minimum Gasteiger partial charge on any atom is -0.370 e. The Balaban J connectivity index is 2.03. The number of hydrogen-bond acceptors (Lipinski definition) is 5. The Morgan fingerprint density at radius 2 is 1.86 bits per heavy atom. The first-order chi connectivity index (χ1) is 10.2. The molecule has 1 fully saturated rings. The number of rotatable bonds is 7. The molecule has 2 N–H and O–H groups in total. The van der Waals surface area contributed by atoms with E-state index in [0.29, 0.717) is 6.04 Å². The molecule has 0 radical (unpaired) electrons. The van der Waals surface area contributed by atoms with Crippen molar-refractivity contribution in [3.63, 3.8) is 0 Å². The van der Waals surface area contributed by atoms with E-state index in [1.54, 1.807) is 0 Å². The van der Waals surface area contributed by atoms with Crippen LogP contribution in [0.3, 0.4) is 0 Å². The third-order valence-corrected chi connectivity index (χ3v) is 4.21. The maximum absolute atomic E-state index is 4.57. The van der Waals surface area contributed by atoms with E-state index in [4.69, 9.17) is 0 Å². The van der Waals surface area contributed by atoms with Gasteiger partial charge in [-0.1, -0.05) is 13.8 Å². The molecular formula is C16H29N5. The molecule has 1 aliphatic heterocycles. The number of hydrogen-bond donors (Lipinski definition) is 2. The second-order valence-corrected chi connectivity index (χ2v) is 5.83. The van der Waals surface area contributed by atoms with Gasteiger partial charge in [0.1, 0.15) is 17.5 Å². The van der Waals surface area contributed by atoms with E-state index >= 15 is 0 Å². The van der Waals surface area contributed by atoms with Crippen molar-refractivity contribution in [2.75, 3.05) is 36.8 Å². The fraction of sp³-hybridized carbons (Fsp3) is 0.750. The molecule has 1 aromatic heterocycles. The van der Waals surface area contributed by atoms with Gasteiger partial charge < -0.3 is 10.6 Å². The van der Waals surface area contributed by atoms with Crippen molar-refractivity contribution in [1.82, 2.24) is 14.9 Å². The summed E-state index contributed by atoms with van der Waals surface area (Å²) >= 11 is 0. The number of anilines is 2. The molecule has 0 amide bonds. The van der Waals surface area contributed by atoms with Crippen LogP contribution in [-0.2, 0) is 0 Å². The van der Waals surface area contributed by atoms with E-state index in [1.165, 1.54) is 19.4 Å². The van der Waals surface area contributed by atoms with Gasteiger partial charge in [-0.25, -0.2) is 9.97 Å². The summed E-state index contributed by atoms with van der Waals surface area (Å²) in [6.45, 7) is 12.7. The van der Waals surface area contributed by atoms with Crippen molar-refractivity contribution >= 4 is 11.6 Å². The lowest BCUT2D eigenvalue weighted by Gasteiger charge is -2.24. The van der Waals surface area contributed by atoms with Crippen LogP contribution in [0.15, 0.2) is 0 Å². The topological polar surface area (TPSA) is 53.1 Å². The summed E-state index contributed by atoms with van der Waals surface area (Å²) in [5.74, 6) is 2.76. The maximum Gasteiger partial charge on any atom is 0.134 e. The van der Waals surface area contributed by atoms with Crippen molar-refractivity contribution in [3.05, 3.63) is 11.4 Å². The monoisotopic (exact) mass is 291 g/mol. The van der Waals surface area contributed by atoms with Gasteiger partial charge in [-0.2, -0.15) is 0 Å². The predicted molar refractivity (Wildman–Crippen MR) is 89.0 cm³/mol. The molecule has 2 heterocycles. The quantitative estimate of drug-likeness (QED) is 0.809. The average Bonchev–Trinajstić information content (AvgIpc) is 2.93. The fourth-order valence-corrected chi connectivity index (χ4v) is 2.97. The van der Waals surface area contributed by atoms with Crippen molar-refractivity contribution in [3.8, 4) is 0 Å². The summed E-state index contributed by atoms with van der Waals surface area (Å²) < 4.78 is 0. The largest absolute Gasteiger partial charge is 0.370 e. The molecule has 5 heteroatoms. The smallest absolute Gasteiger partial charge is 0.134 e. The Kier molecular flexibility index (Phi) is 5.79. The minimum atomic E-state index is 0.636. The first-order valence-corrected chi connectivity index (χ1v) is 8.22. The molecule has 0 saturated carbocycles. The van der Waals surface area contributed by atoms with E-state index in [0.717, 1.165) is 49.1 Å². The van der Waals surface area contributed by atoms with Crippen LogP contribution < -0.4 is 10.6 Å². The number of likely N-dealkylation sites (tertiary alicyclic amines) is 1. The SMILES string of the molecule is CCCNc1nc(C)nc(NCC2CCCN2CC)c1C. The maximum atomic E-state index is 4.57. The van der Waals surface area contributed by atoms with Crippen molar-refractivity contribution in [2.24, 2.45) is 0 Å². The average molecular weight is 291 g/mol. The van der Waals surface area contributed by atoms with Gasteiger partial charge in [-0.15, -0.1) is 0 Å². The van der Waals surface area contributed by atoms with Gasteiger partial charge in [-0.05, 0) is 46.2 Å². The summed E-state index contributed by atoms with van der Waals surface area (Å²) in [4.78, 5) is 11.6. The molecule has 0 aliphatic carbocycles. The van der Waals surface area contributed by atoms with E-state index in [-0.39, 0.29) is 0 Å². The van der Waals surface area contributed by atoms with Gasteiger partial charge in [0.15, 0.2) is 0 Å². The van der Waals surface area contributed by atoms with Crippen molar-refractivity contribution < 1.29 is 0 Å². The highest BCUT2D eigenvalue weighted by Crippen LogP contribution is 2.22. The van der Waals surface area contributed by atoms with Crippen LogP contribution in [0.5, 0.6) is 0 Å². The van der Waals surface area contributed by atoms with Crippen LogP contribution in [-0.4, -0.2) is 47.1 Å². The molecule has 1 aliphatic rings. The lowest BCUT2D eigenvalue weighted by molar-refractivity contribution is 0.277. The van der Waals surface area contributed by atoms with Crippen LogP contribution in [0.1, 0.15) is 44.5 Å². The molecule has 5 nitrogen and oxygen atoms in total. The Morgan fingerprint density at radius 1 is 1.14 bits per heavy atom. The highest BCUT2D eigenvalue weighted by atomic mass is 15.2. The highest BCUT2D eigenvalue weighted by Gasteiger charge is 2.23. The van der Waals surface area contributed by atoms with Crippen molar-refractivity contribution in [2.45, 2.75) is 53.0 Å². The Morgan fingerprint density at radius 3 is 2.52 bits per heavy atom. The Hall–Kier alpha value is -1.36. The first kappa shape index (κ1) is 16.0. The zero-order valence-corrected chi connectivity index (χ0v) is 13.9. The number of aromatic nitrogens is 2. The van der Waals surface area contributed by atoms with E-state index < -0.39 is 0 Å². The molecule has 2 rings (SSSR count). The fourth-order valence-electron chi connectivity index (χ4n) is 2.97. The normalized spacial score (nSPS) is 19.0. The van der Waals surface area contributed by atoms with Crippen LogP contribution in [0, 0.1) is 13.8 Å². The van der Waals surface area contributed by atoms with Gasteiger partial charge in [0, 0.05) is 24.7 Å². The molecular weight excluding hydrogens is 262 g/mol. The molecule has 0 aromatic carbocycles. The van der Waals surface area contributed by atoms with Crippen LogP contribution in [0.4, 0.5) is 11.6 Å². The number of nitrogens with zero attached hydrogens (tertiary/aromatic N) is 3. The Bertz CT molecular complexity index is 460. The van der Waals surface area contributed by atoms with Crippen molar-refractivity contribution in [1.29, 1.82) is 0 Å². The van der Waals surface area contributed by atoms with E-state index in [9.17, 15) is 0 Å². The van der Waals surface area contributed by atoms with E-state index in [1.807, 2.05) is 6.92 Å². The highest BCUT2D eigenvalue weighted by molar-refractivity contribution is 5.57.